The van der Waals surface area contributed by atoms with Crippen LogP contribution < -0.4 is 4.74 Å². The zero-order valence-electron chi connectivity index (χ0n) is 10.5. The van der Waals surface area contributed by atoms with Gasteiger partial charge < -0.3 is 4.74 Å². The van der Waals surface area contributed by atoms with Gasteiger partial charge in [-0.3, -0.25) is 0 Å². The largest absolute Gasteiger partial charge is 0.486 e. The van der Waals surface area contributed by atoms with E-state index in [0.29, 0.717) is 23.3 Å². The fourth-order valence-electron chi connectivity index (χ4n) is 1.92. The molecule has 0 saturated carbocycles. The highest BCUT2D eigenvalue weighted by molar-refractivity contribution is 7.18. The second-order valence-electron chi connectivity index (χ2n) is 4.21. The Bertz CT molecular complexity index is 709. The van der Waals surface area contributed by atoms with Crippen molar-refractivity contribution < 1.29 is 4.74 Å². The Kier molecular flexibility index (Phi) is 4.10. The summed E-state index contributed by atoms with van der Waals surface area (Å²) in [6.45, 7) is 0.420. The fourth-order valence-corrected chi connectivity index (χ4v) is 3.38. The lowest BCUT2D eigenvalue weighted by Crippen LogP contribution is -1.97. The Morgan fingerprint density at radius 1 is 1.10 bits per heavy atom. The topological polar surface area (TPSA) is 22.1 Å². The maximum Gasteiger partial charge on any atom is 0.140 e. The van der Waals surface area contributed by atoms with Crippen LogP contribution in [0.15, 0.2) is 42.5 Å². The first-order chi connectivity index (χ1) is 9.78. The van der Waals surface area contributed by atoms with Gasteiger partial charge in [0, 0.05) is 10.6 Å². The maximum absolute atomic E-state index is 6.10. The van der Waals surface area contributed by atoms with Crippen molar-refractivity contribution in [2.24, 2.45) is 0 Å². The van der Waals surface area contributed by atoms with Gasteiger partial charge in [-0.1, -0.05) is 29.8 Å². The first kappa shape index (κ1) is 13.7. The van der Waals surface area contributed by atoms with Crippen LogP contribution in [-0.4, -0.2) is 4.98 Å². The van der Waals surface area contributed by atoms with Crippen LogP contribution in [0.4, 0.5) is 0 Å². The van der Waals surface area contributed by atoms with Gasteiger partial charge >= 0.3 is 0 Å². The molecule has 0 saturated heterocycles. The van der Waals surface area contributed by atoms with Crippen molar-refractivity contribution in [3.63, 3.8) is 0 Å². The smallest absolute Gasteiger partial charge is 0.140 e. The number of fused-ring (bicyclic) bond motifs is 1. The molecule has 0 unspecified atom stereocenters. The first-order valence-corrected chi connectivity index (χ1v) is 7.81. The molecule has 1 heterocycles. The third kappa shape index (κ3) is 2.75. The molecule has 0 spiro atoms. The van der Waals surface area contributed by atoms with Crippen LogP contribution in [0.1, 0.15) is 10.6 Å². The van der Waals surface area contributed by atoms with E-state index in [2.05, 4.69) is 11.1 Å². The van der Waals surface area contributed by atoms with Crippen molar-refractivity contribution in [1.82, 2.24) is 4.98 Å². The fraction of sp³-hybridized carbons (Fsp3) is 0.133. The summed E-state index contributed by atoms with van der Waals surface area (Å²) in [7, 11) is 0. The number of alkyl halides is 1. The van der Waals surface area contributed by atoms with Crippen LogP contribution in [0.2, 0.25) is 5.02 Å². The van der Waals surface area contributed by atoms with Crippen LogP contribution in [0.25, 0.3) is 10.2 Å². The molecule has 5 heteroatoms. The molecular formula is C15H11Cl2NOS. The molecule has 2 aromatic carbocycles. The number of hydrogen-bond acceptors (Lipinski definition) is 3. The Morgan fingerprint density at radius 3 is 2.75 bits per heavy atom. The van der Waals surface area contributed by atoms with Gasteiger partial charge in [-0.05, 0) is 24.3 Å². The second-order valence-corrected chi connectivity index (χ2v) is 6.00. The molecule has 0 aliphatic rings. The van der Waals surface area contributed by atoms with Crippen molar-refractivity contribution in [2.45, 2.75) is 12.5 Å². The van der Waals surface area contributed by atoms with Gasteiger partial charge in [-0.15, -0.1) is 22.9 Å². The molecule has 0 fully saturated rings. The number of aromatic nitrogens is 1. The molecular weight excluding hydrogens is 313 g/mol. The molecule has 0 N–H and O–H groups in total. The number of halogens is 2. The molecule has 20 heavy (non-hydrogen) atoms. The lowest BCUT2D eigenvalue weighted by molar-refractivity contribution is 0.303. The van der Waals surface area contributed by atoms with Gasteiger partial charge in [-0.25, -0.2) is 4.98 Å². The van der Waals surface area contributed by atoms with Crippen LogP contribution in [-0.2, 0) is 12.5 Å². The molecule has 102 valence electrons. The molecule has 0 aliphatic carbocycles. The zero-order valence-corrected chi connectivity index (χ0v) is 12.8. The number of hydrogen-bond donors (Lipinski definition) is 0. The summed E-state index contributed by atoms with van der Waals surface area (Å²) in [6.07, 6.45) is 0. The Balaban J connectivity index is 1.81. The molecule has 0 bridgehead atoms. The normalized spacial score (nSPS) is 10.9. The molecule has 0 radical (unpaired) electrons. The minimum Gasteiger partial charge on any atom is -0.486 e. The summed E-state index contributed by atoms with van der Waals surface area (Å²) in [5, 5.41) is 1.56. The highest BCUT2D eigenvalue weighted by atomic mass is 35.5. The van der Waals surface area contributed by atoms with E-state index in [9.17, 15) is 0 Å². The maximum atomic E-state index is 6.10. The SMILES string of the molecule is ClCc1c(Cl)cccc1OCc1nc2ccccc2s1. The monoisotopic (exact) mass is 323 g/mol. The number of thiazole rings is 1. The Hall–Kier alpha value is -1.29. The number of para-hydroxylation sites is 1. The predicted octanol–water partition coefficient (Wildman–Crippen LogP) is 5.27. The number of rotatable bonds is 4. The van der Waals surface area contributed by atoms with Crippen LogP contribution >= 0.6 is 34.5 Å². The number of benzene rings is 2. The van der Waals surface area contributed by atoms with Gasteiger partial charge in [0.15, 0.2) is 0 Å². The third-order valence-corrected chi connectivity index (χ3v) is 4.53. The minimum atomic E-state index is 0.328. The van der Waals surface area contributed by atoms with E-state index in [4.69, 9.17) is 27.9 Å². The van der Waals surface area contributed by atoms with Crippen LogP contribution in [0.3, 0.4) is 0 Å². The van der Waals surface area contributed by atoms with Gasteiger partial charge in [0.25, 0.3) is 0 Å². The zero-order chi connectivity index (χ0) is 13.9. The van der Waals surface area contributed by atoms with Crippen molar-refractivity contribution in [3.05, 3.63) is 58.1 Å². The van der Waals surface area contributed by atoms with Crippen LogP contribution in [0.5, 0.6) is 5.75 Å². The average molecular weight is 324 g/mol. The van der Waals surface area contributed by atoms with Crippen LogP contribution in [0, 0.1) is 0 Å². The number of ether oxygens (including phenoxy) is 1. The number of nitrogens with zero attached hydrogens (tertiary/aromatic N) is 1. The average Bonchev–Trinajstić information content (AvgIpc) is 2.88. The third-order valence-electron chi connectivity index (χ3n) is 2.90. The lowest BCUT2D eigenvalue weighted by Gasteiger charge is -2.09. The molecule has 0 atom stereocenters. The van der Waals surface area contributed by atoms with Crippen molar-refractivity contribution in [3.8, 4) is 5.75 Å². The highest BCUT2D eigenvalue weighted by Crippen LogP contribution is 2.29. The molecule has 2 nitrogen and oxygen atoms in total. The quantitative estimate of drug-likeness (QED) is 0.610. The van der Waals surface area contributed by atoms with Gasteiger partial charge in [0.1, 0.15) is 17.4 Å². The van der Waals surface area contributed by atoms with E-state index in [1.165, 1.54) is 0 Å². The van der Waals surface area contributed by atoms with Gasteiger partial charge in [0.2, 0.25) is 0 Å². The second kappa shape index (κ2) is 6.00. The minimum absolute atomic E-state index is 0.328. The highest BCUT2D eigenvalue weighted by Gasteiger charge is 2.09. The van der Waals surface area contributed by atoms with E-state index in [-0.39, 0.29) is 0 Å². The standard InChI is InChI=1S/C15H11Cl2NOS/c16-8-10-11(17)4-3-6-13(10)19-9-15-18-12-5-1-2-7-14(12)20-15/h1-7H,8-9H2. The van der Waals surface area contributed by atoms with Gasteiger partial charge in [-0.2, -0.15) is 0 Å². The van der Waals surface area contributed by atoms with Gasteiger partial charge in [0.05, 0.1) is 16.1 Å². The molecule has 0 amide bonds. The Morgan fingerprint density at radius 2 is 1.95 bits per heavy atom. The van der Waals surface area contributed by atoms with E-state index < -0.39 is 0 Å². The summed E-state index contributed by atoms with van der Waals surface area (Å²) in [5.74, 6) is 1.04. The first-order valence-electron chi connectivity index (χ1n) is 6.08. The Labute approximate surface area is 130 Å². The van der Waals surface area contributed by atoms with E-state index >= 15 is 0 Å². The van der Waals surface area contributed by atoms with E-state index in [1.807, 2.05) is 36.4 Å². The predicted molar refractivity (Wildman–Crippen MR) is 85.0 cm³/mol. The molecule has 0 aliphatic heterocycles. The van der Waals surface area contributed by atoms with Crippen molar-refractivity contribution in [1.29, 1.82) is 0 Å². The molecule has 3 aromatic rings. The van der Waals surface area contributed by atoms with E-state index in [0.717, 1.165) is 20.8 Å². The van der Waals surface area contributed by atoms with Crippen molar-refractivity contribution >= 4 is 44.8 Å². The molecule has 3 rings (SSSR count). The summed E-state index contributed by atoms with van der Waals surface area (Å²) in [6, 6.07) is 13.6. The summed E-state index contributed by atoms with van der Waals surface area (Å²) >= 11 is 13.6. The molecule has 1 aromatic heterocycles. The summed E-state index contributed by atoms with van der Waals surface area (Å²) in [5.41, 5.74) is 1.82. The van der Waals surface area contributed by atoms with E-state index in [1.54, 1.807) is 11.3 Å². The summed E-state index contributed by atoms with van der Waals surface area (Å²) < 4.78 is 6.97. The lowest BCUT2D eigenvalue weighted by atomic mass is 10.2. The summed E-state index contributed by atoms with van der Waals surface area (Å²) in [4.78, 5) is 4.53. The van der Waals surface area contributed by atoms with Crippen molar-refractivity contribution in [2.75, 3.05) is 0 Å².